The Kier molecular flexibility index (Phi) is 6.01. The van der Waals surface area contributed by atoms with Crippen molar-refractivity contribution in [2.24, 2.45) is 0 Å². The Balaban J connectivity index is 1.52. The summed E-state index contributed by atoms with van der Waals surface area (Å²) in [6.45, 7) is 1.49. The van der Waals surface area contributed by atoms with Crippen molar-refractivity contribution in [1.29, 1.82) is 0 Å². The van der Waals surface area contributed by atoms with E-state index in [2.05, 4.69) is 10.6 Å². The topological polar surface area (TPSA) is 67.4 Å². The summed E-state index contributed by atoms with van der Waals surface area (Å²) in [4.78, 5) is 24.2. The number of para-hydroxylation sites is 1. The van der Waals surface area contributed by atoms with Gasteiger partial charge in [0.05, 0.1) is 6.54 Å². The van der Waals surface area contributed by atoms with Crippen LogP contribution in [0.4, 0.5) is 10.1 Å². The van der Waals surface area contributed by atoms with Gasteiger partial charge in [-0.2, -0.15) is 0 Å². The lowest BCUT2D eigenvalue weighted by Crippen LogP contribution is -2.32. The average Bonchev–Trinajstić information content (AvgIpc) is 2.70. The maximum Gasteiger partial charge on any atom is 0.251 e. The van der Waals surface area contributed by atoms with Crippen LogP contribution in [0.3, 0.4) is 0 Å². The molecular weight excluding hydrogens is 359 g/mol. The Labute approximate surface area is 162 Å². The van der Waals surface area contributed by atoms with Crippen LogP contribution >= 0.6 is 0 Å². The number of hydrogen-bond acceptors (Lipinski definition) is 3. The van der Waals surface area contributed by atoms with E-state index < -0.39 is 5.91 Å². The van der Waals surface area contributed by atoms with E-state index in [9.17, 15) is 14.0 Å². The van der Waals surface area contributed by atoms with Gasteiger partial charge in [0.2, 0.25) is 5.91 Å². The first-order chi connectivity index (χ1) is 13.5. The lowest BCUT2D eigenvalue weighted by atomic mass is 10.2. The maximum absolute atomic E-state index is 13.1. The standard InChI is InChI=1S/C22H19FN2O3/c1-15-13-17(23)9-12-20(15)25-21(26)14-24-22(27)16-7-10-19(11-8-16)28-18-5-3-2-4-6-18/h2-13H,14H2,1H3,(H,24,27)(H,25,26). The highest BCUT2D eigenvalue weighted by Crippen LogP contribution is 2.21. The molecule has 0 saturated heterocycles. The molecule has 0 aliphatic heterocycles. The van der Waals surface area contributed by atoms with Gasteiger partial charge in [-0.25, -0.2) is 4.39 Å². The van der Waals surface area contributed by atoms with E-state index >= 15 is 0 Å². The summed E-state index contributed by atoms with van der Waals surface area (Å²) in [6, 6.07) is 20.0. The molecule has 6 heteroatoms. The highest BCUT2D eigenvalue weighted by Gasteiger charge is 2.10. The van der Waals surface area contributed by atoms with Gasteiger partial charge in [-0.15, -0.1) is 0 Å². The summed E-state index contributed by atoms with van der Waals surface area (Å²) >= 11 is 0. The molecule has 0 fully saturated rings. The van der Waals surface area contributed by atoms with Crippen molar-refractivity contribution in [3.05, 3.63) is 89.7 Å². The largest absolute Gasteiger partial charge is 0.457 e. The lowest BCUT2D eigenvalue weighted by molar-refractivity contribution is -0.115. The first-order valence-corrected chi connectivity index (χ1v) is 8.68. The molecule has 0 aromatic heterocycles. The lowest BCUT2D eigenvalue weighted by Gasteiger charge is -2.10. The third kappa shape index (κ3) is 5.17. The zero-order valence-electron chi connectivity index (χ0n) is 15.2. The van der Waals surface area contributed by atoms with E-state index in [1.807, 2.05) is 30.3 Å². The molecule has 0 bridgehead atoms. The molecule has 3 aromatic carbocycles. The van der Waals surface area contributed by atoms with E-state index in [4.69, 9.17) is 4.74 Å². The normalized spacial score (nSPS) is 10.2. The molecule has 28 heavy (non-hydrogen) atoms. The van der Waals surface area contributed by atoms with E-state index in [1.54, 1.807) is 31.2 Å². The monoisotopic (exact) mass is 378 g/mol. The second-order valence-corrected chi connectivity index (χ2v) is 6.13. The van der Waals surface area contributed by atoms with Gasteiger partial charge in [0.1, 0.15) is 17.3 Å². The number of hydrogen-bond donors (Lipinski definition) is 2. The van der Waals surface area contributed by atoms with E-state index in [-0.39, 0.29) is 18.3 Å². The molecule has 0 radical (unpaired) electrons. The predicted octanol–water partition coefficient (Wildman–Crippen LogP) is 4.29. The average molecular weight is 378 g/mol. The molecule has 0 aliphatic rings. The molecule has 0 aliphatic carbocycles. The second kappa shape index (κ2) is 8.81. The summed E-state index contributed by atoms with van der Waals surface area (Å²) in [5.74, 6) is 0.160. The molecule has 2 amide bonds. The summed E-state index contributed by atoms with van der Waals surface area (Å²) in [5.41, 5.74) is 1.52. The number of rotatable bonds is 6. The molecule has 2 N–H and O–H groups in total. The first-order valence-electron chi connectivity index (χ1n) is 8.68. The van der Waals surface area contributed by atoms with Crippen molar-refractivity contribution in [3.63, 3.8) is 0 Å². The number of carbonyl (C=O) groups excluding carboxylic acids is 2. The number of anilines is 1. The SMILES string of the molecule is Cc1cc(F)ccc1NC(=O)CNC(=O)c1ccc(Oc2ccccc2)cc1. The van der Waals surface area contributed by atoms with Gasteiger partial charge >= 0.3 is 0 Å². The molecule has 142 valence electrons. The van der Waals surface area contributed by atoms with Crippen LogP contribution in [0.2, 0.25) is 0 Å². The quantitative estimate of drug-likeness (QED) is 0.672. The molecule has 0 saturated carbocycles. The fourth-order valence-electron chi connectivity index (χ4n) is 2.52. The zero-order valence-corrected chi connectivity index (χ0v) is 15.2. The van der Waals surface area contributed by atoms with Crippen molar-refractivity contribution in [2.45, 2.75) is 6.92 Å². The second-order valence-electron chi connectivity index (χ2n) is 6.13. The summed E-state index contributed by atoms with van der Waals surface area (Å²) < 4.78 is 18.8. The number of aryl methyl sites for hydroxylation is 1. The smallest absolute Gasteiger partial charge is 0.251 e. The van der Waals surface area contributed by atoms with Gasteiger partial charge in [0, 0.05) is 11.3 Å². The van der Waals surface area contributed by atoms with Gasteiger partial charge in [-0.1, -0.05) is 18.2 Å². The number of carbonyl (C=O) groups is 2. The molecule has 0 spiro atoms. The molecule has 3 rings (SSSR count). The van der Waals surface area contributed by atoms with Crippen LogP contribution in [0.5, 0.6) is 11.5 Å². The van der Waals surface area contributed by atoms with Gasteiger partial charge < -0.3 is 15.4 Å². The van der Waals surface area contributed by atoms with Crippen molar-refractivity contribution < 1.29 is 18.7 Å². The molecule has 0 unspecified atom stereocenters. The highest BCUT2D eigenvalue weighted by atomic mass is 19.1. The maximum atomic E-state index is 13.1. The van der Waals surface area contributed by atoms with Crippen molar-refractivity contribution in [3.8, 4) is 11.5 Å². The van der Waals surface area contributed by atoms with Gasteiger partial charge in [-0.05, 0) is 67.1 Å². The Morgan fingerprint density at radius 3 is 2.29 bits per heavy atom. The zero-order chi connectivity index (χ0) is 19.9. The third-order valence-electron chi connectivity index (χ3n) is 3.97. The van der Waals surface area contributed by atoms with E-state index in [0.717, 1.165) is 0 Å². The predicted molar refractivity (Wildman–Crippen MR) is 105 cm³/mol. The van der Waals surface area contributed by atoms with Crippen molar-refractivity contribution in [2.75, 3.05) is 11.9 Å². The van der Waals surface area contributed by atoms with Gasteiger partial charge in [0.25, 0.3) is 5.91 Å². The Morgan fingerprint density at radius 2 is 1.61 bits per heavy atom. The Bertz CT molecular complexity index is 973. The number of ether oxygens (including phenoxy) is 1. The fourth-order valence-corrected chi connectivity index (χ4v) is 2.52. The summed E-state index contributed by atoms with van der Waals surface area (Å²) in [7, 11) is 0. The third-order valence-corrected chi connectivity index (χ3v) is 3.97. The van der Waals surface area contributed by atoms with Crippen molar-refractivity contribution in [1.82, 2.24) is 5.32 Å². The van der Waals surface area contributed by atoms with Crippen LogP contribution < -0.4 is 15.4 Å². The summed E-state index contributed by atoms with van der Waals surface area (Å²) in [5, 5.41) is 5.19. The van der Waals surface area contributed by atoms with Crippen LogP contribution in [-0.4, -0.2) is 18.4 Å². The van der Waals surface area contributed by atoms with Crippen LogP contribution in [-0.2, 0) is 4.79 Å². The Hall–Kier alpha value is -3.67. The number of halogens is 1. The minimum atomic E-state index is -0.396. The summed E-state index contributed by atoms with van der Waals surface area (Å²) in [6.07, 6.45) is 0. The van der Waals surface area contributed by atoms with E-state index in [1.165, 1.54) is 18.2 Å². The first kappa shape index (κ1) is 19.1. The number of nitrogens with one attached hydrogen (secondary N) is 2. The highest BCUT2D eigenvalue weighted by molar-refractivity contribution is 5.99. The van der Waals surface area contributed by atoms with E-state index in [0.29, 0.717) is 28.3 Å². The Morgan fingerprint density at radius 1 is 0.929 bits per heavy atom. The van der Waals surface area contributed by atoms with Gasteiger partial charge in [0.15, 0.2) is 0 Å². The molecule has 5 nitrogen and oxygen atoms in total. The van der Waals surface area contributed by atoms with Crippen LogP contribution in [0.25, 0.3) is 0 Å². The minimum Gasteiger partial charge on any atom is -0.457 e. The van der Waals surface area contributed by atoms with Crippen molar-refractivity contribution >= 4 is 17.5 Å². The van der Waals surface area contributed by atoms with Crippen LogP contribution in [0, 0.1) is 12.7 Å². The number of benzene rings is 3. The van der Waals surface area contributed by atoms with Crippen LogP contribution in [0.15, 0.2) is 72.8 Å². The molecule has 0 atom stereocenters. The molecular formula is C22H19FN2O3. The number of amides is 2. The minimum absolute atomic E-state index is 0.197. The molecule has 3 aromatic rings. The van der Waals surface area contributed by atoms with Crippen LogP contribution in [0.1, 0.15) is 15.9 Å². The van der Waals surface area contributed by atoms with Gasteiger partial charge in [-0.3, -0.25) is 9.59 Å². The molecule has 0 heterocycles. The fraction of sp³-hybridized carbons (Fsp3) is 0.0909.